The molecule has 1 aliphatic rings. The highest BCUT2D eigenvalue weighted by Crippen LogP contribution is 2.23. The molecule has 0 radical (unpaired) electrons. The van der Waals surface area contributed by atoms with Gasteiger partial charge in [-0.05, 0) is 30.3 Å². The zero-order valence-electron chi connectivity index (χ0n) is 14.9. The summed E-state index contributed by atoms with van der Waals surface area (Å²) in [5.74, 6) is 0.768. The van der Waals surface area contributed by atoms with Crippen molar-refractivity contribution >= 4 is 5.91 Å². The van der Waals surface area contributed by atoms with Gasteiger partial charge in [0.2, 0.25) is 5.89 Å². The molecule has 0 saturated carbocycles. The first-order valence-electron chi connectivity index (χ1n) is 8.78. The molecular formula is C21H16FN3O3. The molecule has 1 aromatic heterocycles. The highest BCUT2D eigenvalue weighted by atomic mass is 19.1. The number of fused-ring (bicyclic) bond motifs is 1. The first-order valence-corrected chi connectivity index (χ1v) is 8.78. The zero-order valence-corrected chi connectivity index (χ0v) is 14.9. The van der Waals surface area contributed by atoms with Gasteiger partial charge in [0.1, 0.15) is 23.4 Å². The summed E-state index contributed by atoms with van der Waals surface area (Å²) in [6.45, 7) is 0.916. The number of halogens is 1. The molecule has 0 fully saturated rings. The lowest BCUT2D eigenvalue weighted by molar-refractivity contribution is 0.0717. The summed E-state index contributed by atoms with van der Waals surface area (Å²) in [5, 5.41) is 8.81. The number of nitriles is 1. The van der Waals surface area contributed by atoms with E-state index in [-0.39, 0.29) is 30.2 Å². The smallest absolute Gasteiger partial charge is 0.254 e. The minimum atomic E-state index is -0.703. The number of para-hydroxylation sites is 1. The molecule has 28 heavy (non-hydrogen) atoms. The zero-order chi connectivity index (χ0) is 19.5. The van der Waals surface area contributed by atoms with Gasteiger partial charge in [0.15, 0.2) is 6.61 Å². The first kappa shape index (κ1) is 17.7. The van der Waals surface area contributed by atoms with Crippen LogP contribution in [0.2, 0.25) is 0 Å². The van der Waals surface area contributed by atoms with Crippen LogP contribution in [-0.4, -0.2) is 22.3 Å². The van der Waals surface area contributed by atoms with Crippen LogP contribution in [0.15, 0.2) is 52.9 Å². The summed E-state index contributed by atoms with van der Waals surface area (Å²) in [6, 6.07) is 15.0. The van der Waals surface area contributed by atoms with Crippen molar-refractivity contribution in [2.75, 3.05) is 6.54 Å². The number of nitrogens with zero attached hydrogens (tertiary/aromatic N) is 3. The maximum absolute atomic E-state index is 13.8. The highest BCUT2D eigenvalue weighted by molar-refractivity contribution is 5.94. The number of carbonyl (C=O) groups is 1. The molecule has 0 N–H and O–H groups in total. The Labute approximate surface area is 160 Å². The van der Waals surface area contributed by atoms with Crippen molar-refractivity contribution in [1.29, 1.82) is 5.26 Å². The molecule has 140 valence electrons. The third-order valence-electron chi connectivity index (χ3n) is 4.50. The van der Waals surface area contributed by atoms with Crippen molar-refractivity contribution in [3.63, 3.8) is 0 Å². The van der Waals surface area contributed by atoms with Crippen LogP contribution in [0.3, 0.4) is 0 Å². The number of benzene rings is 2. The van der Waals surface area contributed by atoms with Gasteiger partial charge in [-0.15, -0.1) is 0 Å². The van der Waals surface area contributed by atoms with Crippen molar-refractivity contribution in [1.82, 2.24) is 9.88 Å². The van der Waals surface area contributed by atoms with Crippen molar-refractivity contribution in [2.24, 2.45) is 0 Å². The van der Waals surface area contributed by atoms with E-state index in [0.717, 1.165) is 17.5 Å². The van der Waals surface area contributed by atoms with Gasteiger partial charge in [0, 0.05) is 18.5 Å². The Kier molecular flexibility index (Phi) is 4.77. The number of oxazole rings is 1. The van der Waals surface area contributed by atoms with Gasteiger partial charge >= 0.3 is 0 Å². The summed E-state index contributed by atoms with van der Waals surface area (Å²) in [4.78, 5) is 18.7. The maximum Gasteiger partial charge on any atom is 0.254 e. The van der Waals surface area contributed by atoms with Crippen molar-refractivity contribution in [3.8, 4) is 11.8 Å². The van der Waals surface area contributed by atoms with E-state index < -0.39 is 5.82 Å². The van der Waals surface area contributed by atoms with E-state index in [0.29, 0.717) is 24.6 Å². The second-order valence-electron chi connectivity index (χ2n) is 6.36. The lowest BCUT2D eigenvalue weighted by Crippen LogP contribution is -2.35. The van der Waals surface area contributed by atoms with Gasteiger partial charge in [0.05, 0.1) is 17.8 Å². The number of hydrogen-bond donors (Lipinski definition) is 0. The standard InChI is InChI=1S/C21H16FN3O3/c22-17-10-14(6-7-15(17)11-23)21(26)25-9-8-18-19(12-25)28-20(24-18)13-27-16-4-2-1-3-5-16/h1-7,10H,8-9,12-13H2. The van der Waals surface area contributed by atoms with E-state index in [4.69, 9.17) is 14.4 Å². The molecule has 0 aliphatic carbocycles. The lowest BCUT2D eigenvalue weighted by atomic mass is 10.1. The fourth-order valence-electron chi connectivity index (χ4n) is 3.07. The number of carbonyl (C=O) groups excluding carboxylic acids is 1. The van der Waals surface area contributed by atoms with Gasteiger partial charge in [-0.3, -0.25) is 4.79 Å². The predicted octanol–water partition coefficient (Wildman–Crippen LogP) is 3.46. The van der Waals surface area contributed by atoms with Crippen LogP contribution in [0.4, 0.5) is 4.39 Å². The van der Waals surface area contributed by atoms with Gasteiger partial charge in [-0.2, -0.15) is 5.26 Å². The van der Waals surface area contributed by atoms with E-state index in [1.165, 1.54) is 12.1 Å². The number of aromatic nitrogens is 1. The van der Waals surface area contributed by atoms with Gasteiger partial charge in [0.25, 0.3) is 5.91 Å². The van der Waals surface area contributed by atoms with E-state index in [1.807, 2.05) is 30.3 Å². The van der Waals surface area contributed by atoms with Gasteiger partial charge in [-0.25, -0.2) is 9.37 Å². The molecule has 0 saturated heterocycles. The van der Waals surface area contributed by atoms with Crippen molar-refractivity contribution in [2.45, 2.75) is 19.6 Å². The minimum absolute atomic E-state index is 0.0872. The third kappa shape index (κ3) is 3.58. The third-order valence-corrected chi connectivity index (χ3v) is 4.50. The summed E-state index contributed by atoms with van der Waals surface area (Å²) in [7, 11) is 0. The molecule has 3 aromatic rings. The summed E-state index contributed by atoms with van der Waals surface area (Å²) < 4.78 is 25.2. The topological polar surface area (TPSA) is 79.4 Å². The number of ether oxygens (including phenoxy) is 1. The Bertz CT molecular complexity index is 1060. The van der Waals surface area contributed by atoms with Crippen molar-refractivity contribution < 1.29 is 18.3 Å². The van der Waals surface area contributed by atoms with E-state index in [2.05, 4.69) is 4.98 Å². The van der Waals surface area contributed by atoms with Crippen LogP contribution in [0.1, 0.15) is 33.3 Å². The molecule has 2 aromatic carbocycles. The van der Waals surface area contributed by atoms with E-state index >= 15 is 0 Å². The maximum atomic E-state index is 13.8. The van der Waals surface area contributed by atoms with Crippen LogP contribution >= 0.6 is 0 Å². The Morgan fingerprint density at radius 2 is 2.11 bits per heavy atom. The molecule has 0 spiro atoms. The summed E-state index contributed by atoms with van der Waals surface area (Å²) in [6.07, 6.45) is 0.550. The molecule has 2 heterocycles. The van der Waals surface area contributed by atoms with Gasteiger partial charge < -0.3 is 14.1 Å². The fraction of sp³-hybridized carbons (Fsp3) is 0.190. The first-order chi connectivity index (χ1) is 13.6. The van der Waals surface area contributed by atoms with Crippen LogP contribution in [0, 0.1) is 17.1 Å². The second-order valence-corrected chi connectivity index (χ2v) is 6.36. The molecule has 7 heteroatoms. The Morgan fingerprint density at radius 1 is 1.29 bits per heavy atom. The predicted molar refractivity (Wildman–Crippen MR) is 96.8 cm³/mol. The molecule has 1 amide bonds. The second kappa shape index (κ2) is 7.53. The van der Waals surface area contributed by atoms with Crippen LogP contribution in [0.25, 0.3) is 0 Å². The highest BCUT2D eigenvalue weighted by Gasteiger charge is 2.26. The largest absolute Gasteiger partial charge is 0.484 e. The molecule has 0 bridgehead atoms. The average molecular weight is 377 g/mol. The Balaban J connectivity index is 1.44. The molecule has 0 atom stereocenters. The summed E-state index contributed by atoms with van der Waals surface area (Å²) >= 11 is 0. The summed E-state index contributed by atoms with van der Waals surface area (Å²) in [5.41, 5.74) is 0.921. The lowest BCUT2D eigenvalue weighted by Gasteiger charge is -2.25. The van der Waals surface area contributed by atoms with Crippen LogP contribution in [-0.2, 0) is 19.6 Å². The van der Waals surface area contributed by atoms with E-state index in [9.17, 15) is 9.18 Å². The molecular weight excluding hydrogens is 361 g/mol. The SMILES string of the molecule is N#Cc1ccc(C(=O)N2CCc3nc(COc4ccccc4)oc3C2)cc1F. The van der Waals surface area contributed by atoms with E-state index in [1.54, 1.807) is 11.0 Å². The normalized spacial score (nSPS) is 12.9. The number of rotatable bonds is 4. The quantitative estimate of drug-likeness (QED) is 0.696. The molecule has 0 unspecified atom stereocenters. The molecule has 1 aliphatic heterocycles. The molecule has 4 rings (SSSR count). The molecule has 6 nitrogen and oxygen atoms in total. The van der Waals surface area contributed by atoms with Crippen molar-refractivity contribution in [3.05, 3.63) is 82.8 Å². The number of hydrogen-bond acceptors (Lipinski definition) is 5. The average Bonchev–Trinajstić information content (AvgIpc) is 3.14. The Hall–Kier alpha value is -3.66. The van der Waals surface area contributed by atoms with Crippen LogP contribution in [0.5, 0.6) is 5.75 Å². The Morgan fingerprint density at radius 3 is 2.86 bits per heavy atom. The monoisotopic (exact) mass is 377 g/mol. The fourth-order valence-corrected chi connectivity index (χ4v) is 3.07. The van der Waals surface area contributed by atoms with Crippen LogP contribution < -0.4 is 4.74 Å². The number of amides is 1. The van der Waals surface area contributed by atoms with Gasteiger partial charge in [-0.1, -0.05) is 18.2 Å². The minimum Gasteiger partial charge on any atom is -0.484 e.